The summed E-state index contributed by atoms with van der Waals surface area (Å²) in [5.74, 6) is 0.380. The smallest absolute Gasteiger partial charge is 0.263 e. The molecule has 0 fully saturated rings. The van der Waals surface area contributed by atoms with Gasteiger partial charge < -0.3 is 10.5 Å². The van der Waals surface area contributed by atoms with E-state index in [4.69, 9.17) is 10.5 Å². The Hall–Kier alpha value is -2.82. The van der Waals surface area contributed by atoms with Crippen LogP contribution in [0, 0.1) is 0 Å². The van der Waals surface area contributed by atoms with Gasteiger partial charge in [0.2, 0.25) is 0 Å². The molecule has 2 aromatic carbocycles. The first-order chi connectivity index (χ1) is 9.70. The molecule has 0 radical (unpaired) electrons. The number of benzene rings is 2. The van der Waals surface area contributed by atoms with E-state index in [2.05, 4.69) is 4.98 Å². The summed E-state index contributed by atoms with van der Waals surface area (Å²) in [6.45, 7) is 0. The summed E-state index contributed by atoms with van der Waals surface area (Å²) in [6, 6.07) is 12.4. The number of hydrogen-bond donors (Lipinski definition) is 1. The Labute approximate surface area is 115 Å². The molecule has 1 aromatic heterocycles. The molecule has 1 heterocycles. The highest BCUT2D eigenvalue weighted by atomic mass is 16.5. The average molecular weight is 267 g/mol. The van der Waals surface area contributed by atoms with Crippen LogP contribution in [0.2, 0.25) is 0 Å². The van der Waals surface area contributed by atoms with Crippen LogP contribution in [0.3, 0.4) is 0 Å². The second-order valence-corrected chi connectivity index (χ2v) is 4.37. The number of hydrogen-bond acceptors (Lipinski definition) is 4. The Morgan fingerprint density at radius 2 is 2.05 bits per heavy atom. The molecule has 3 rings (SSSR count). The standard InChI is InChI=1S/C15H13N3O2/c1-20-14-7-6-10(8-11(14)16)15(19)18-9-17-12-4-2-3-5-13(12)18/h2-9H,16H2,1H3. The summed E-state index contributed by atoms with van der Waals surface area (Å²) in [5, 5.41) is 0. The normalized spacial score (nSPS) is 10.7. The second kappa shape index (κ2) is 4.70. The van der Waals surface area contributed by atoms with Crippen molar-refractivity contribution < 1.29 is 9.53 Å². The summed E-state index contributed by atoms with van der Waals surface area (Å²) in [7, 11) is 1.54. The molecule has 5 heteroatoms. The van der Waals surface area contributed by atoms with E-state index in [1.165, 1.54) is 18.0 Å². The van der Waals surface area contributed by atoms with Gasteiger partial charge in [0.05, 0.1) is 23.8 Å². The molecule has 5 nitrogen and oxygen atoms in total. The first-order valence-electron chi connectivity index (χ1n) is 6.11. The highest BCUT2D eigenvalue weighted by Gasteiger charge is 2.13. The van der Waals surface area contributed by atoms with E-state index in [0.717, 1.165) is 11.0 Å². The molecule has 0 saturated carbocycles. The van der Waals surface area contributed by atoms with Crippen molar-refractivity contribution in [2.24, 2.45) is 0 Å². The molecule has 2 N–H and O–H groups in total. The topological polar surface area (TPSA) is 70.1 Å². The summed E-state index contributed by atoms with van der Waals surface area (Å²) in [6.07, 6.45) is 1.52. The lowest BCUT2D eigenvalue weighted by Crippen LogP contribution is -2.11. The maximum atomic E-state index is 12.5. The SMILES string of the molecule is COc1ccc(C(=O)n2cnc3ccccc32)cc1N. The van der Waals surface area contributed by atoms with E-state index in [-0.39, 0.29) is 5.91 Å². The van der Waals surface area contributed by atoms with Crippen LogP contribution in [0.25, 0.3) is 11.0 Å². The molecule has 0 unspecified atom stereocenters. The number of fused-ring (bicyclic) bond motifs is 1. The minimum absolute atomic E-state index is 0.173. The number of anilines is 1. The van der Waals surface area contributed by atoms with Crippen molar-refractivity contribution in [2.75, 3.05) is 12.8 Å². The number of imidazole rings is 1. The number of aromatic nitrogens is 2. The lowest BCUT2D eigenvalue weighted by Gasteiger charge is -2.07. The van der Waals surface area contributed by atoms with Crippen molar-refractivity contribution in [1.29, 1.82) is 0 Å². The Morgan fingerprint density at radius 3 is 2.80 bits per heavy atom. The fourth-order valence-electron chi connectivity index (χ4n) is 2.13. The average Bonchev–Trinajstić information content (AvgIpc) is 2.90. The van der Waals surface area contributed by atoms with Gasteiger partial charge in [-0.05, 0) is 30.3 Å². The van der Waals surface area contributed by atoms with Gasteiger partial charge in [-0.15, -0.1) is 0 Å². The van der Waals surface area contributed by atoms with Crippen LogP contribution in [0.4, 0.5) is 5.69 Å². The number of rotatable bonds is 2. The van der Waals surface area contributed by atoms with Gasteiger partial charge in [-0.25, -0.2) is 4.98 Å². The zero-order valence-corrected chi connectivity index (χ0v) is 10.9. The van der Waals surface area contributed by atoms with Crippen LogP contribution < -0.4 is 10.5 Å². The van der Waals surface area contributed by atoms with Gasteiger partial charge in [-0.2, -0.15) is 0 Å². The van der Waals surface area contributed by atoms with Gasteiger partial charge >= 0.3 is 0 Å². The van der Waals surface area contributed by atoms with E-state index in [9.17, 15) is 4.79 Å². The number of carbonyl (C=O) groups is 1. The Bertz CT molecular complexity index is 793. The first-order valence-corrected chi connectivity index (χ1v) is 6.11. The van der Waals surface area contributed by atoms with Crippen LogP contribution in [-0.4, -0.2) is 22.6 Å². The summed E-state index contributed by atoms with van der Waals surface area (Å²) >= 11 is 0. The van der Waals surface area contributed by atoms with Gasteiger partial charge in [0.15, 0.2) is 0 Å². The number of nitrogen functional groups attached to an aromatic ring is 1. The number of nitrogens with zero attached hydrogens (tertiary/aromatic N) is 2. The molecule has 20 heavy (non-hydrogen) atoms. The molecule has 0 bridgehead atoms. The van der Waals surface area contributed by atoms with E-state index in [1.807, 2.05) is 24.3 Å². The number of ether oxygens (including phenoxy) is 1. The van der Waals surface area contributed by atoms with Crippen molar-refractivity contribution in [3.63, 3.8) is 0 Å². The molecular weight excluding hydrogens is 254 g/mol. The first kappa shape index (κ1) is 12.2. The Kier molecular flexibility index (Phi) is 2.87. The highest BCUT2D eigenvalue weighted by molar-refractivity contribution is 6.01. The molecule has 0 saturated heterocycles. The quantitative estimate of drug-likeness (QED) is 0.723. The largest absolute Gasteiger partial charge is 0.495 e. The van der Waals surface area contributed by atoms with E-state index in [1.54, 1.807) is 18.2 Å². The summed E-state index contributed by atoms with van der Waals surface area (Å²) in [5.41, 5.74) is 8.31. The van der Waals surface area contributed by atoms with Gasteiger partial charge in [0, 0.05) is 5.56 Å². The minimum Gasteiger partial charge on any atom is -0.495 e. The molecule has 100 valence electrons. The van der Waals surface area contributed by atoms with Gasteiger partial charge in [-0.1, -0.05) is 12.1 Å². The number of methoxy groups -OCH3 is 1. The predicted octanol–water partition coefficient (Wildman–Crippen LogP) is 2.32. The minimum atomic E-state index is -0.173. The summed E-state index contributed by atoms with van der Waals surface area (Å²) in [4.78, 5) is 16.7. The van der Waals surface area contributed by atoms with Crippen LogP contribution in [-0.2, 0) is 0 Å². The van der Waals surface area contributed by atoms with E-state index >= 15 is 0 Å². The van der Waals surface area contributed by atoms with Crippen LogP contribution >= 0.6 is 0 Å². The van der Waals surface area contributed by atoms with Crippen LogP contribution in [0.5, 0.6) is 5.75 Å². The second-order valence-electron chi connectivity index (χ2n) is 4.37. The third kappa shape index (κ3) is 1.89. The molecule has 0 spiro atoms. The Morgan fingerprint density at radius 1 is 1.25 bits per heavy atom. The molecular formula is C15H13N3O2. The van der Waals surface area contributed by atoms with Crippen molar-refractivity contribution >= 4 is 22.6 Å². The van der Waals surface area contributed by atoms with Crippen molar-refractivity contribution in [3.05, 3.63) is 54.4 Å². The zero-order chi connectivity index (χ0) is 14.1. The molecule has 0 amide bonds. The fraction of sp³-hybridized carbons (Fsp3) is 0.0667. The molecule has 0 aliphatic rings. The van der Waals surface area contributed by atoms with Crippen LogP contribution in [0.1, 0.15) is 10.4 Å². The van der Waals surface area contributed by atoms with Gasteiger partial charge in [0.1, 0.15) is 12.1 Å². The Balaban J connectivity index is 2.06. The number of nitrogens with two attached hydrogens (primary N) is 1. The van der Waals surface area contributed by atoms with Crippen LogP contribution in [0.15, 0.2) is 48.8 Å². The lowest BCUT2D eigenvalue weighted by atomic mass is 10.1. The number of carbonyl (C=O) groups excluding carboxylic acids is 1. The summed E-state index contributed by atoms with van der Waals surface area (Å²) < 4.78 is 6.60. The highest BCUT2D eigenvalue weighted by Crippen LogP contribution is 2.23. The third-order valence-corrected chi connectivity index (χ3v) is 3.15. The van der Waals surface area contributed by atoms with E-state index in [0.29, 0.717) is 17.0 Å². The molecule has 3 aromatic rings. The fourth-order valence-corrected chi connectivity index (χ4v) is 2.13. The number of para-hydroxylation sites is 2. The third-order valence-electron chi connectivity index (χ3n) is 3.15. The van der Waals surface area contributed by atoms with Crippen molar-refractivity contribution in [1.82, 2.24) is 9.55 Å². The maximum Gasteiger partial charge on any atom is 0.263 e. The van der Waals surface area contributed by atoms with Crippen molar-refractivity contribution in [2.45, 2.75) is 0 Å². The van der Waals surface area contributed by atoms with Crippen molar-refractivity contribution in [3.8, 4) is 5.75 Å². The predicted molar refractivity (Wildman–Crippen MR) is 76.9 cm³/mol. The van der Waals surface area contributed by atoms with Gasteiger partial charge in [0.25, 0.3) is 5.91 Å². The molecule has 0 aliphatic heterocycles. The maximum absolute atomic E-state index is 12.5. The molecule has 0 aliphatic carbocycles. The van der Waals surface area contributed by atoms with E-state index < -0.39 is 0 Å². The lowest BCUT2D eigenvalue weighted by molar-refractivity contribution is 0.0964. The zero-order valence-electron chi connectivity index (χ0n) is 10.9. The van der Waals surface area contributed by atoms with Gasteiger partial charge in [-0.3, -0.25) is 9.36 Å². The monoisotopic (exact) mass is 267 g/mol. The molecule has 0 atom stereocenters.